The first-order valence-corrected chi connectivity index (χ1v) is 13.7. The predicted octanol–water partition coefficient (Wildman–Crippen LogP) is 6.04. The van der Waals surface area contributed by atoms with E-state index in [0.29, 0.717) is 28.8 Å². The van der Waals surface area contributed by atoms with Crippen LogP contribution in [0.4, 0.5) is 13.6 Å². The first kappa shape index (κ1) is 29.1. The van der Waals surface area contributed by atoms with Crippen molar-refractivity contribution in [2.24, 2.45) is 0 Å². The van der Waals surface area contributed by atoms with Gasteiger partial charge in [0.05, 0.1) is 11.6 Å². The van der Waals surface area contributed by atoms with Gasteiger partial charge in [0, 0.05) is 41.2 Å². The van der Waals surface area contributed by atoms with Gasteiger partial charge in [0.2, 0.25) is 5.91 Å². The highest BCUT2D eigenvalue weighted by Gasteiger charge is 2.38. The molecule has 1 fully saturated rings. The smallest absolute Gasteiger partial charge is 0.409 e. The van der Waals surface area contributed by atoms with E-state index in [1.165, 1.54) is 19.1 Å². The average molecular weight is 596 g/mol. The van der Waals surface area contributed by atoms with Crippen LogP contribution in [-0.2, 0) is 29.2 Å². The van der Waals surface area contributed by atoms with E-state index in [9.17, 15) is 23.2 Å². The van der Waals surface area contributed by atoms with E-state index in [1.54, 1.807) is 35.0 Å². The van der Waals surface area contributed by atoms with Gasteiger partial charge < -0.3 is 24.3 Å². The molecule has 1 saturated heterocycles. The number of rotatable bonds is 9. The number of benzene rings is 3. The van der Waals surface area contributed by atoms with Gasteiger partial charge in [0.25, 0.3) is 0 Å². The van der Waals surface area contributed by atoms with Crippen LogP contribution in [0.1, 0.15) is 34.8 Å². The minimum atomic E-state index is -1.39. The number of alkyl halides is 1. The quantitative estimate of drug-likeness (QED) is 0.238. The number of carbonyl (C=O) groups is 3. The lowest BCUT2D eigenvalue weighted by atomic mass is 10.1. The van der Waals surface area contributed by atoms with Crippen molar-refractivity contribution in [1.29, 1.82) is 0 Å². The maximum atomic E-state index is 14.4. The van der Waals surface area contributed by atoms with Gasteiger partial charge in [-0.05, 0) is 36.8 Å². The standard InChI is InChI=1S/C31H28ClF2N3O5/c1-19(38)25-16-36(27-11-10-23(13-24(25)27)41-18-20-6-3-2-4-7-20)17-28(39)37-15-22(33)12-29(37)42-31(40)35-14-21-8-5-9-26(32)30(21)34/h2-11,13,16,22,29H,12,14-15,17-18H2,1H3,(H,35,40)/t22-,29+/m1/s1. The molecule has 2 atom stereocenters. The summed E-state index contributed by atoms with van der Waals surface area (Å²) in [4.78, 5) is 39.3. The van der Waals surface area contributed by atoms with Crippen molar-refractivity contribution >= 4 is 40.3 Å². The largest absolute Gasteiger partial charge is 0.489 e. The van der Waals surface area contributed by atoms with E-state index in [4.69, 9.17) is 21.1 Å². The Morgan fingerprint density at radius 1 is 1.07 bits per heavy atom. The Morgan fingerprint density at radius 3 is 2.62 bits per heavy atom. The topological polar surface area (TPSA) is 89.9 Å². The van der Waals surface area contributed by atoms with E-state index in [1.807, 2.05) is 30.3 Å². The lowest BCUT2D eigenvalue weighted by Gasteiger charge is -2.24. The van der Waals surface area contributed by atoms with Crippen LogP contribution in [0.2, 0.25) is 5.02 Å². The molecule has 1 aliphatic rings. The number of carbonyl (C=O) groups excluding carboxylic acids is 3. The molecule has 218 valence electrons. The van der Waals surface area contributed by atoms with Gasteiger partial charge in [-0.1, -0.05) is 54.1 Å². The molecule has 2 amide bonds. The summed E-state index contributed by atoms with van der Waals surface area (Å²) >= 11 is 5.77. The molecule has 0 unspecified atom stereocenters. The molecule has 2 heterocycles. The molecule has 1 N–H and O–H groups in total. The number of fused-ring (bicyclic) bond motifs is 1. The summed E-state index contributed by atoms with van der Waals surface area (Å²) in [5.74, 6) is -0.787. The summed E-state index contributed by atoms with van der Waals surface area (Å²) in [5, 5.41) is 2.94. The molecule has 0 aliphatic carbocycles. The SMILES string of the molecule is CC(=O)c1cn(CC(=O)N2C[C@H](F)C[C@@H]2OC(=O)NCc2cccc(Cl)c2F)c2ccc(OCc3ccccc3)cc12. The van der Waals surface area contributed by atoms with Crippen LogP contribution in [0.15, 0.2) is 72.9 Å². The number of Topliss-reactive ketones (excluding diaryl/α,β-unsaturated/α-hetero) is 1. The van der Waals surface area contributed by atoms with Crippen LogP contribution in [0, 0.1) is 5.82 Å². The number of ether oxygens (including phenoxy) is 2. The molecule has 11 heteroatoms. The lowest BCUT2D eigenvalue weighted by molar-refractivity contribution is -0.138. The maximum Gasteiger partial charge on any atom is 0.409 e. The van der Waals surface area contributed by atoms with Crippen molar-refractivity contribution in [3.8, 4) is 5.75 Å². The average Bonchev–Trinajstić information content (AvgIpc) is 3.52. The summed E-state index contributed by atoms with van der Waals surface area (Å²) in [6.07, 6.45) is -2.09. The van der Waals surface area contributed by atoms with Crippen LogP contribution in [0.3, 0.4) is 0 Å². The molecule has 0 bridgehead atoms. The number of alkyl carbamates (subject to hydrolysis) is 1. The molecule has 0 saturated carbocycles. The molecule has 4 aromatic rings. The molecule has 1 aliphatic heterocycles. The van der Waals surface area contributed by atoms with Gasteiger partial charge in [-0.3, -0.25) is 9.59 Å². The zero-order chi connectivity index (χ0) is 29.8. The second kappa shape index (κ2) is 12.6. The van der Waals surface area contributed by atoms with Crippen LogP contribution in [-0.4, -0.2) is 46.2 Å². The van der Waals surface area contributed by atoms with Crippen molar-refractivity contribution in [3.05, 3.63) is 100 Å². The second-order valence-electron chi connectivity index (χ2n) is 9.99. The van der Waals surface area contributed by atoms with Gasteiger partial charge in [0.1, 0.15) is 30.9 Å². The zero-order valence-corrected chi connectivity index (χ0v) is 23.4. The minimum Gasteiger partial charge on any atom is -0.489 e. The van der Waals surface area contributed by atoms with Crippen LogP contribution >= 0.6 is 11.6 Å². The molecule has 1 aromatic heterocycles. The number of aromatic nitrogens is 1. The Hall–Kier alpha value is -4.44. The van der Waals surface area contributed by atoms with Crippen LogP contribution in [0.5, 0.6) is 5.75 Å². The van der Waals surface area contributed by atoms with Gasteiger partial charge >= 0.3 is 6.09 Å². The van der Waals surface area contributed by atoms with E-state index in [0.717, 1.165) is 10.5 Å². The summed E-state index contributed by atoms with van der Waals surface area (Å²) < 4.78 is 41.4. The fourth-order valence-electron chi connectivity index (χ4n) is 4.90. The molecular formula is C31H28ClF2N3O5. The molecule has 42 heavy (non-hydrogen) atoms. The monoisotopic (exact) mass is 595 g/mol. The fraction of sp³-hybridized carbons (Fsp3) is 0.258. The molecule has 8 nitrogen and oxygen atoms in total. The summed E-state index contributed by atoms with van der Waals surface area (Å²) in [7, 11) is 0. The van der Waals surface area contributed by atoms with Gasteiger partial charge in [0.15, 0.2) is 12.0 Å². The number of likely N-dealkylation sites (tertiary alicyclic amines) is 1. The van der Waals surface area contributed by atoms with Gasteiger partial charge in [-0.25, -0.2) is 13.6 Å². The molecule has 3 aromatic carbocycles. The summed E-state index contributed by atoms with van der Waals surface area (Å²) in [6.45, 7) is 1.12. The van der Waals surface area contributed by atoms with E-state index < -0.39 is 30.2 Å². The normalized spacial score (nSPS) is 16.4. The van der Waals surface area contributed by atoms with E-state index in [-0.39, 0.29) is 42.4 Å². The van der Waals surface area contributed by atoms with E-state index >= 15 is 0 Å². The number of ketones is 1. The third kappa shape index (κ3) is 6.54. The first-order chi connectivity index (χ1) is 20.2. The van der Waals surface area contributed by atoms with Gasteiger partial charge in [-0.2, -0.15) is 0 Å². The third-order valence-corrected chi connectivity index (χ3v) is 7.30. The molecule has 0 radical (unpaired) electrons. The highest BCUT2D eigenvalue weighted by atomic mass is 35.5. The lowest BCUT2D eigenvalue weighted by Crippen LogP contribution is -2.42. The number of hydrogen-bond acceptors (Lipinski definition) is 5. The Balaban J connectivity index is 1.27. The number of halogens is 3. The van der Waals surface area contributed by atoms with E-state index in [2.05, 4.69) is 5.32 Å². The second-order valence-corrected chi connectivity index (χ2v) is 10.4. The van der Waals surface area contributed by atoms with Crippen molar-refractivity contribution in [2.45, 2.75) is 45.4 Å². The Bertz CT molecular complexity index is 1630. The highest BCUT2D eigenvalue weighted by Crippen LogP contribution is 2.29. The zero-order valence-electron chi connectivity index (χ0n) is 22.7. The minimum absolute atomic E-state index is 0.0862. The van der Waals surface area contributed by atoms with Crippen LogP contribution < -0.4 is 10.1 Å². The Labute approximate surface area is 245 Å². The Morgan fingerprint density at radius 2 is 1.86 bits per heavy atom. The number of amides is 2. The first-order valence-electron chi connectivity index (χ1n) is 13.3. The third-order valence-electron chi connectivity index (χ3n) is 7.00. The van der Waals surface area contributed by atoms with Gasteiger partial charge in [-0.15, -0.1) is 0 Å². The van der Waals surface area contributed by atoms with Crippen molar-refractivity contribution in [1.82, 2.24) is 14.8 Å². The molecular weight excluding hydrogens is 568 g/mol. The van der Waals surface area contributed by atoms with Crippen LogP contribution in [0.25, 0.3) is 10.9 Å². The molecule has 5 rings (SSSR count). The number of hydrogen-bond donors (Lipinski definition) is 1. The Kier molecular flexibility index (Phi) is 8.72. The summed E-state index contributed by atoms with van der Waals surface area (Å²) in [5.41, 5.74) is 2.17. The van der Waals surface area contributed by atoms with Crippen molar-refractivity contribution in [3.63, 3.8) is 0 Å². The maximum absolute atomic E-state index is 14.4. The van der Waals surface area contributed by atoms with Crippen molar-refractivity contribution in [2.75, 3.05) is 6.54 Å². The summed E-state index contributed by atoms with van der Waals surface area (Å²) in [6, 6.07) is 19.3. The predicted molar refractivity (Wildman–Crippen MR) is 152 cm³/mol. The number of nitrogens with zero attached hydrogens (tertiary/aromatic N) is 2. The number of nitrogens with one attached hydrogen (secondary N) is 1. The molecule has 0 spiro atoms. The van der Waals surface area contributed by atoms with Crippen molar-refractivity contribution < 1.29 is 32.6 Å². The highest BCUT2D eigenvalue weighted by molar-refractivity contribution is 6.30. The fourth-order valence-corrected chi connectivity index (χ4v) is 5.09.